The van der Waals surface area contributed by atoms with Gasteiger partial charge in [-0.2, -0.15) is 0 Å². The topological polar surface area (TPSA) is 12.9 Å². The standard InChI is InChI=1S/C10H7ClFN/c1-6-5-13-10(11)7-3-2-4-8(12)9(6)7/h2-5H,1H3. The number of rotatable bonds is 0. The van der Waals surface area contributed by atoms with E-state index in [0.717, 1.165) is 5.56 Å². The summed E-state index contributed by atoms with van der Waals surface area (Å²) >= 11 is 5.82. The summed E-state index contributed by atoms with van der Waals surface area (Å²) in [6.07, 6.45) is 1.58. The number of fused-ring (bicyclic) bond motifs is 1. The summed E-state index contributed by atoms with van der Waals surface area (Å²) in [5.74, 6) is -0.251. The van der Waals surface area contributed by atoms with Gasteiger partial charge >= 0.3 is 0 Å². The number of benzene rings is 1. The highest BCUT2D eigenvalue weighted by Crippen LogP contribution is 2.25. The molecule has 1 nitrogen and oxygen atoms in total. The van der Waals surface area contributed by atoms with Crippen LogP contribution < -0.4 is 0 Å². The second-order valence-electron chi connectivity index (χ2n) is 2.89. The number of pyridine rings is 1. The van der Waals surface area contributed by atoms with Crippen molar-refractivity contribution in [3.05, 3.63) is 40.9 Å². The minimum Gasteiger partial charge on any atom is -0.244 e. The lowest BCUT2D eigenvalue weighted by Crippen LogP contribution is -1.87. The Morgan fingerprint density at radius 1 is 1.38 bits per heavy atom. The summed E-state index contributed by atoms with van der Waals surface area (Å²) in [7, 11) is 0. The van der Waals surface area contributed by atoms with E-state index < -0.39 is 0 Å². The van der Waals surface area contributed by atoms with Crippen LogP contribution in [0, 0.1) is 12.7 Å². The minimum atomic E-state index is -0.251. The smallest absolute Gasteiger partial charge is 0.136 e. The van der Waals surface area contributed by atoms with Crippen LogP contribution in [0.5, 0.6) is 0 Å². The molecule has 0 aliphatic rings. The van der Waals surface area contributed by atoms with Gasteiger partial charge in [0.25, 0.3) is 0 Å². The summed E-state index contributed by atoms with van der Waals surface area (Å²) in [4.78, 5) is 3.95. The lowest BCUT2D eigenvalue weighted by Gasteiger charge is -2.03. The maximum atomic E-state index is 13.3. The first-order chi connectivity index (χ1) is 6.20. The Morgan fingerprint density at radius 3 is 2.85 bits per heavy atom. The predicted octanol–water partition coefficient (Wildman–Crippen LogP) is 3.34. The molecule has 0 spiro atoms. The van der Waals surface area contributed by atoms with E-state index in [0.29, 0.717) is 15.9 Å². The van der Waals surface area contributed by atoms with Crippen LogP contribution in [0.25, 0.3) is 10.8 Å². The highest BCUT2D eigenvalue weighted by Gasteiger charge is 2.06. The Hall–Kier alpha value is -1.15. The second kappa shape index (κ2) is 2.96. The molecule has 0 atom stereocenters. The first-order valence-electron chi connectivity index (χ1n) is 3.89. The molecule has 0 radical (unpaired) electrons. The van der Waals surface area contributed by atoms with Crippen molar-refractivity contribution in [1.82, 2.24) is 4.98 Å². The van der Waals surface area contributed by atoms with E-state index in [9.17, 15) is 4.39 Å². The maximum absolute atomic E-state index is 13.3. The number of nitrogens with zero attached hydrogens (tertiary/aromatic N) is 1. The summed E-state index contributed by atoms with van der Waals surface area (Å²) < 4.78 is 13.3. The summed E-state index contributed by atoms with van der Waals surface area (Å²) in [6, 6.07) is 4.82. The van der Waals surface area contributed by atoms with Crippen molar-refractivity contribution in [3.8, 4) is 0 Å². The van der Waals surface area contributed by atoms with Crippen LogP contribution in [-0.2, 0) is 0 Å². The Morgan fingerprint density at radius 2 is 2.15 bits per heavy atom. The van der Waals surface area contributed by atoms with E-state index in [1.165, 1.54) is 6.07 Å². The molecule has 0 unspecified atom stereocenters. The van der Waals surface area contributed by atoms with Gasteiger partial charge < -0.3 is 0 Å². The Balaban J connectivity index is 3.00. The molecular weight excluding hydrogens is 189 g/mol. The molecule has 0 aliphatic carbocycles. The van der Waals surface area contributed by atoms with Crippen molar-refractivity contribution in [2.45, 2.75) is 6.92 Å². The first-order valence-corrected chi connectivity index (χ1v) is 4.27. The molecule has 0 saturated heterocycles. The predicted molar refractivity (Wildman–Crippen MR) is 51.4 cm³/mol. The quantitative estimate of drug-likeness (QED) is 0.588. The van der Waals surface area contributed by atoms with E-state index in [2.05, 4.69) is 4.98 Å². The third-order valence-corrected chi connectivity index (χ3v) is 2.30. The molecule has 0 N–H and O–H groups in total. The van der Waals surface area contributed by atoms with Crippen molar-refractivity contribution >= 4 is 22.4 Å². The molecule has 0 bridgehead atoms. The van der Waals surface area contributed by atoms with Gasteiger partial charge in [-0.1, -0.05) is 23.7 Å². The van der Waals surface area contributed by atoms with E-state index in [-0.39, 0.29) is 5.82 Å². The van der Waals surface area contributed by atoms with Gasteiger partial charge in [0.15, 0.2) is 0 Å². The molecule has 0 fully saturated rings. The number of hydrogen-bond acceptors (Lipinski definition) is 1. The number of hydrogen-bond donors (Lipinski definition) is 0. The fraction of sp³-hybridized carbons (Fsp3) is 0.100. The van der Waals surface area contributed by atoms with E-state index in [4.69, 9.17) is 11.6 Å². The molecule has 13 heavy (non-hydrogen) atoms. The highest BCUT2D eigenvalue weighted by atomic mass is 35.5. The molecule has 3 heteroatoms. The number of halogens is 2. The third-order valence-electron chi connectivity index (χ3n) is 2.00. The maximum Gasteiger partial charge on any atom is 0.136 e. The van der Waals surface area contributed by atoms with Crippen LogP contribution in [0.1, 0.15) is 5.56 Å². The fourth-order valence-corrected chi connectivity index (χ4v) is 1.59. The lowest BCUT2D eigenvalue weighted by atomic mass is 10.1. The van der Waals surface area contributed by atoms with Gasteiger partial charge in [-0.3, -0.25) is 0 Å². The lowest BCUT2D eigenvalue weighted by molar-refractivity contribution is 0.639. The van der Waals surface area contributed by atoms with Crippen LogP contribution >= 0.6 is 11.6 Å². The molecule has 0 saturated carbocycles. The Labute approximate surface area is 80.2 Å². The molecular formula is C10H7ClFN. The highest BCUT2D eigenvalue weighted by molar-refractivity contribution is 6.34. The normalized spacial score (nSPS) is 10.7. The molecule has 0 aliphatic heterocycles. The van der Waals surface area contributed by atoms with E-state index in [1.807, 2.05) is 6.92 Å². The average Bonchev–Trinajstić information content (AvgIpc) is 2.12. The monoisotopic (exact) mass is 195 g/mol. The van der Waals surface area contributed by atoms with Gasteiger partial charge in [0, 0.05) is 17.0 Å². The van der Waals surface area contributed by atoms with Crippen LogP contribution in [0.4, 0.5) is 4.39 Å². The van der Waals surface area contributed by atoms with E-state index in [1.54, 1.807) is 18.3 Å². The van der Waals surface area contributed by atoms with Gasteiger partial charge in [0.1, 0.15) is 11.0 Å². The van der Waals surface area contributed by atoms with Gasteiger partial charge in [0.2, 0.25) is 0 Å². The summed E-state index contributed by atoms with van der Waals surface area (Å²) in [5, 5.41) is 1.57. The zero-order chi connectivity index (χ0) is 9.42. The van der Waals surface area contributed by atoms with Gasteiger partial charge in [-0.25, -0.2) is 9.37 Å². The number of aryl methyl sites for hydroxylation is 1. The van der Waals surface area contributed by atoms with Crippen molar-refractivity contribution in [2.24, 2.45) is 0 Å². The first kappa shape index (κ1) is 8.45. The van der Waals surface area contributed by atoms with Gasteiger partial charge in [-0.15, -0.1) is 0 Å². The van der Waals surface area contributed by atoms with Gasteiger partial charge in [0.05, 0.1) is 0 Å². The largest absolute Gasteiger partial charge is 0.244 e. The zero-order valence-electron chi connectivity index (χ0n) is 7.01. The van der Waals surface area contributed by atoms with Crippen LogP contribution in [0.15, 0.2) is 24.4 Å². The van der Waals surface area contributed by atoms with Crippen LogP contribution in [-0.4, -0.2) is 4.98 Å². The molecule has 1 aromatic heterocycles. The van der Waals surface area contributed by atoms with Gasteiger partial charge in [-0.05, 0) is 18.6 Å². The average molecular weight is 196 g/mol. The molecule has 66 valence electrons. The summed E-state index contributed by atoms with van der Waals surface area (Å²) in [6.45, 7) is 1.81. The molecule has 2 aromatic rings. The molecule has 1 heterocycles. The second-order valence-corrected chi connectivity index (χ2v) is 3.25. The minimum absolute atomic E-state index is 0.251. The summed E-state index contributed by atoms with van der Waals surface area (Å²) in [5.41, 5.74) is 0.803. The Kier molecular flexibility index (Phi) is 1.93. The van der Waals surface area contributed by atoms with Crippen molar-refractivity contribution < 1.29 is 4.39 Å². The molecule has 0 amide bonds. The van der Waals surface area contributed by atoms with Crippen molar-refractivity contribution in [2.75, 3.05) is 0 Å². The molecule has 1 aromatic carbocycles. The van der Waals surface area contributed by atoms with E-state index >= 15 is 0 Å². The van der Waals surface area contributed by atoms with Crippen molar-refractivity contribution in [1.29, 1.82) is 0 Å². The van der Waals surface area contributed by atoms with Crippen LogP contribution in [0.3, 0.4) is 0 Å². The van der Waals surface area contributed by atoms with Crippen LogP contribution in [0.2, 0.25) is 5.15 Å². The fourth-order valence-electron chi connectivity index (χ4n) is 1.38. The van der Waals surface area contributed by atoms with Crippen molar-refractivity contribution in [3.63, 3.8) is 0 Å². The molecule has 2 rings (SSSR count). The zero-order valence-corrected chi connectivity index (χ0v) is 7.77. The SMILES string of the molecule is Cc1cnc(Cl)c2cccc(F)c12. The third kappa shape index (κ3) is 1.27. The Bertz CT molecular complexity index is 459. The number of aromatic nitrogens is 1.